The van der Waals surface area contributed by atoms with Crippen LogP contribution in [0.15, 0.2) is 48.7 Å². The molecule has 0 aliphatic heterocycles. The first-order valence-electron chi connectivity index (χ1n) is 9.40. The molecule has 0 aliphatic carbocycles. The standard InChI is InChI=1S/C22H19ClFN5O2/c1-11-8-15(28-22(31)20(30)13-4-3-5-14(24)9-13)6-7-16(11)18-19-21(25)26-10-17(23)29(19)12(2)27-18/h3-10,20,30H,1-2H3,(H2,25,26)(H,28,31)/t20-/m0/s1. The van der Waals surface area contributed by atoms with Crippen LogP contribution in [0, 0.1) is 19.7 Å². The van der Waals surface area contributed by atoms with Gasteiger partial charge in [0.1, 0.15) is 33.8 Å². The van der Waals surface area contributed by atoms with Crippen LogP contribution >= 0.6 is 11.6 Å². The predicted molar refractivity (Wildman–Crippen MR) is 117 cm³/mol. The summed E-state index contributed by atoms with van der Waals surface area (Å²) in [6, 6.07) is 10.5. The van der Waals surface area contributed by atoms with Gasteiger partial charge >= 0.3 is 0 Å². The molecule has 4 aromatic rings. The lowest BCUT2D eigenvalue weighted by molar-refractivity contribution is -0.124. The summed E-state index contributed by atoms with van der Waals surface area (Å²) in [6.45, 7) is 3.68. The molecule has 2 aromatic heterocycles. The summed E-state index contributed by atoms with van der Waals surface area (Å²) < 4.78 is 15.1. The summed E-state index contributed by atoms with van der Waals surface area (Å²) in [5.74, 6) is -0.226. The number of aliphatic hydroxyl groups is 1. The van der Waals surface area contributed by atoms with E-state index in [4.69, 9.17) is 17.3 Å². The van der Waals surface area contributed by atoms with Crippen molar-refractivity contribution in [3.63, 3.8) is 0 Å². The van der Waals surface area contributed by atoms with Crippen LogP contribution in [0.5, 0.6) is 0 Å². The summed E-state index contributed by atoms with van der Waals surface area (Å²) in [6.07, 6.45) is -0.0268. The maximum Gasteiger partial charge on any atom is 0.257 e. The molecule has 31 heavy (non-hydrogen) atoms. The number of aromatic nitrogens is 3. The van der Waals surface area contributed by atoms with Crippen molar-refractivity contribution in [2.24, 2.45) is 0 Å². The molecular weight excluding hydrogens is 421 g/mol. The third kappa shape index (κ3) is 3.83. The van der Waals surface area contributed by atoms with Crippen molar-refractivity contribution in [1.82, 2.24) is 14.4 Å². The molecule has 0 saturated carbocycles. The Balaban J connectivity index is 1.65. The lowest BCUT2D eigenvalue weighted by atomic mass is 10.0. The van der Waals surface area contributed by atoms with E-state index in [-0.39, 0.29) is 5.56 Å². The summed E-state index contributed by atoms with van der Waals surface area (Å²) in [4.78, 5) is 21.1. The molecular formula is C22H19ClFN5O2. The zero-order valence-electron chi connectivity index (χ0n) is 16.7. The van der Waals surface area contributed by atoms with E-state index in [1.807, 2.05) is 13.8 Å². The molecule has 2 heterocycles. The lowest BCUT2D eigenvalue weighted by Gasteiger charge is -2.13. The third-order valence-corrected chi connectivity index (χ3v) is 5.24. The van der Waals surface area contributed by atoms with Crippen molar-refractivity contribution in [2.45, 2.75) is 20.0 Å². The average molecular weight is 440 g/mol. The molecule has 158 valence electrons. The maximum atomic E-state index is 13.4. The Morgan fingerprint density at radius 3 is 2.74 bits per heavy atom. The Morgan fingerprint density at radius 2 is 2.03 bits per heavy atom. The molecule has 0 spiro atoms. The van der Waals surface area contributed by atoms with Crippen LogP contribution in [0.3, 0.4) is 0 Å². The van der Waals surface area contributed by atoms with E-state index < -0.39 is 17.8 Å². The summed E-state index contributed by atoms with van der Waals surface area (Å²) in [5, 5.41) is 13.3. The Hall–Kier alpha value is -3.49. The number of nitrogens with two attached hydrogens (primary N) is 1. The molecule has 0 bridgehead atoms. The van der Waals surface area contributed by atoms with Crippen LogP contribution in [0.25, 0.3) is 16.8 Å². The van der Waals surface area contributed by atoms with Crippen LogP contribution in [0.4, 0.5) is 15.9 Å². The van der Waals surface area contributed by atoms with Crippen LogP contribution < -0.4 is 11.1 Å². The van der Waals surface area contributed by atoms with E-state index in [1.165, 1.54) is 24.4 Å². The number of hydrogen-bond acceptors (Lipinski definition) is 5. The number of carbonyl (C=O) groups is 1. The van der Waals surface area contributed by atoms with Gasteiger partial charge in [-0.25, -0.2) is 14.4 Å². The number of carbonyl (C=O) groups excluding carboxylic acids is 1. The smallest absolute Gasteiger partial charge is 0.257 e. The SMILES string of the molecule is Cc1cc(NC(=O)[C@@H](O)c2cccc(F)c2)ccc1-c1nc(C)n2c(Cl)cnc(N)c12. The number of aryl methyl sites for hydroxylation is 2. The average Bonchev–Trinajstić information content (AvgIpc) is 3.08. The zero-order valence-corrected chi connectivity index (χ0v) is 17.5. The Morgan fingerprint density at radius 1 is 1.26 bits per heavy atom. The van der Waals surface area contributed by atoms with Gasteiger partial charge in [0.25, 0.3) is 5.91 Å². The van der Waals surface area contributed by atoms with Crippen molar-refractivity contribution in [2.75, 3.05) is 11.1 Å². The number of fused-ring (bicyclic) bond motifs is 1. The minimum atomic E-state index is -1.50. The highest BCUT2D eigenvalue weighted by atomic mass is 35.5. The van der Waals surface area contributed by atoms with Crippen LogP contribution in [-0.2, 0) is 4.79 Å². The van der Waals surface area contributed by atoms with Gasteiger partial charge in [-0.05, 0) is 49.2 Å². The minimum Gasteiger partial charge on any atom is -0.382 e. The number of imidazole rings is 1. The van der Waals surface area contributed by atoms with Gasteiger partial charge < -0.3 is 16.2 Å². The highest BCUT2D eigenvalue weighted by molar-refractivity contribution is 6.29. The molecule has 1 atom stereocenters. The number of nitrogen functional groups attached to an aromatic ring is 1. The van der Waals surface area contributed by atoms with Crippen molar-refractivity contribution in [1.29, 1.82) is 0 Å². The highest BCUT2D eigenvalue weighted by Gasteiger charge is 2.20. The van der Waals surface area contributed by atoms with Gasteiger partial charge in [0, 0.05) is 11.3 Å². The Bertz CT molecular complexity index is 1320. The fourth-order valence-electron chi connectivity index (χ4n) is 3.50. The summed E-state index contributed by atoms with van der Waals surface area (Å²) >= 11 is 6.26. The van der Waals surface area contributed by atoms with Gasteiger partial charge in [-0.3, -0.25) is 9.20 Å². The number of amides is 1. The topological polar surface area (TPSA) is 106 Å². The fraction of sp³-hybridized carbons (Fsp3) is 0.136. The molecule has 2 aromatic carbocycles. The van der Waals surface area contributed by atoms with Crippen molar-refractivity contribution < 1.29 is 14.3 Å². The summed E-state index contributed by atoms with van der Waals surface area (Å²) in [5.41, 5.74) is 9.57. The lowest BCUT2D eigenvalue weighted by Crippen LogP contribution is -2.21. The molecule has 4 N–H and O–H groups in total. The molecule has 9 heteroatoms. The first kappa shape index (κ1) is 20.8. The molecule has 4 rings (SSSR count). The zero-order chi connectivity index (χ0) is 22.3. The third-order valence-electron chi connectivity index (χ3n) is 4.97. The maximum absolute atomic E-state index is 13.4. The van der Waals surface area contributed by atoms with Gasteiger partial charge in [-0.1, -0.05) is 29.8 Å². The van der Waals surface area contributed by atoms with Gasteiger partial charge in [0.15, 0.2) is 6.10 Å². The molecule has 0 fully saturated rings. The highest BCUT2D eigenvalue weighted by Crippen LogP contribution is 2.33. The second-order valence-electron chi connectivity index (χ2n) is 7.13. The van der Waals surface area contributed by atoms with Crippen LogP contribution in [-0.4, -0.2) is 25.4 Å². The normalized spacial score (nSPS) is 12.2. The van der Waals surface area contributed by atoms with Crippen molar-refractivity contribution in [3.8, 4) is 11.3 Å². The second kappa shape index (κ2) is 7.98. The molecule has 0 saturated heterocycles. The van der Waals surface area contributed by atoms with E-state index in [1.54, 1.807) is 22.6 Å². The molecule has 0 aliphatic rings. The van der Waals surface area contributed by atoms with E-state index in [0.717, 1.165) is 17.2 Å². The summed E-state index contributed by atoms with van der Waals surface area (Å²) in [7, 11) is 0. The number of nitrogens with zero attached hydrogens (tertiary/aromatic N) is 3. The first-order valence-corrected chi connectivity index (χ1v) is 9.78. The van der Waals surface area contributed by atoms with Gasteiger partial charge in [-0.2, -0.15) is 0 Å². The van der Waals surface area contributed by atoms with Crippen molar-refractivity contribution in [3.05, 3.63) is 76.6 Å². The Labute approximate surface area is 182 Å². The van der Waals surface area contributed by atoms with E-state index in [9.17, 15) is 14.3 Å². The van der Waals surface area contributed by atoms with E-state index >= 15 is 0 Å². The number of anilines is 2. The van der Waals surface area contributed by atoms with E-state index in [2.05, 4.69) is 15.3 Å². The number of aliphatic hydroxyl groups excluding tert-OH is 1. The number of halogens is 2. The molecule has 0 unspecified atom stereocenters. The molecule has 1 amide bonds. The number of rotatable bonds is 4. The fourth-order valence-corrected chi connectivity index (χ4v) is 3.76. The van der Waals surface area contributed by atoms with Crippen LogP contribution in [0.2, 0.25) is 5.15 Å². The van der Waals surface area contributed by atoms with Gasteiger partial charge in [0.05, 0.1) is 6.20 Å². The predicted octanol–water partition coefficient (Wildman–Crippen LogP) is 4.06. The van der Waals surface area contributed by atoms with Gasteiger partial charge in [0.2, 0.25) is 0 Å². The first-order chi connectivity index (χ1) is 14.8. The Kier molecular flexibility index (Phi) is 5.34. The number of benzene rings is 2. The van der Waals surface area contributed by atoms with Gasteiger partial charge in [-0.15, -0.1) is 0 Å². The van der Waals surface area contributed by atoms with E-state index in [0.29, 0.717) is 33.7 Å². The largest absolute Gasteiger partial charge is 0.382 e. The number of nitrogens with one attached hydrogen (secondary N) is 1. The van der Waals surface area contributed by atoms with Crippen LogP contribution in [0.1, 0.15) is 23.1 Å². The minimum absolute atomic E-state index is 0.172. The number of hydrogen-bond donors (Lipinski definition) is 3. The molecule has 7 nitrogen and oxygen atoms in total. The monoisotopic (exact) mass is 439 g/mol. The second-order valence-corrected chi connectivity index (χ2v) is 7.52. The molecule has 0 radical (unpaired) electrons. The quantitative estimate of drug-likeness (QED) is 0.444. The van der Waals surface area contributed by atoms with Crippen molar-refractivity contribution >= 4 is 34.5 Å².